The molecule has 610 valence electrons. The molecule has 0 spiro atoms. The molecule has 0 fully saturated rings. The second-order valence-electron chi connectivity index (χ2n) is 30.7. The Kier molecular flexibility index (Phi) is 65.4. The first-order valence-corrected chi connectivity index (χ1v) is 43.9. The van der Waals surface area contributed by atoms with E-state index in [4.69, 9.17) is 18.9 Å². The van der Waals surface area contributed by atoms with Crippen LogP contribution in [0.25, 0.3) is 0 Å². The molecule has 1 aromatic carbocycles. The molecule has 4 unspecified atom stereocenters. The van der Waals surface area contributed by atoms with Crippen LogP contribution in [0.5, 0.6) is 0 Å². The predicted molar refractivity (Wildman–Crippen MR) is 435 cm³/mol. The number of hydrogen-bond acceptors (Lipinski definition) is 14. The van der Waals surface area contributed by atoms with Gasteiger partial charge in [-0.25, -0.2) is 0 Å². The lowest BCUT2D eigenvalue weighted by Crippen LogP contribution is -2.33. The van der Waals surface area contributed by atoms with Crippen LogP contribution < -0.4 is 16.0 Å². The Labute approximate surface area is 643 Å². The Balaban J connectivity index is 3.04. The van der Waals surface area contributed by atoms with E-state index in [1.54, 1.807) is 18.2 Å². The van der Waals surface area contributed by atoms with E-state index in [2.05, 4.69) is 86.0 Å². The average Bonchev–Trinajstić information content (AvgIpc) is 0.827. The molecular formula is C88H162N6O11. The minimum Gasteiger partial charge on any atom is -0.462 e. The third kappa shape index (κ3) is 57.2. The summed E-state index contributed by atoms with van der Waals surface area (Å²) in [7, 11) is 3.99. The van der Waals surface area contributed by atoms with Crippen molar-refractivity contribution in [3.8, 4) is 0 Å². The van der Waals surface area contributed by atoms with Crippen molar-refractivity contribution < 1.29 is 52.5 Å². The van der Waals surface area contributed by atoms with Crippen LogP contribution in [0.4, 0.5) is 0 Å². The van der Waals surface area contributed by atoms with Crippen LogP contribution in [0.1, 0.15) is 414 Å². The van der Waals surface area contributed by atoms with Crippen LogP contribution in [0.2, 0.25) is 0 Å². The van der Waals surface area contributed by atoms with Gasteiger partial charge in [-0.05, 0) is 226 Å². The molecule has 1 rings (SSSR count). The molecule has 1 aromatic rings. The highest BCUT2D eigenvalue weighted by Crippen LogP contribution is 2.21. The Hall–Kier alpha value is -4.61. The van der Waals surface area contributed by atoms with Crippen LogP contribution >= 0.6 is 0 Å². The number of nitrogens with zero attached hydrogens (tertiary/aromatic N) is 3. The molecule has 0 heterocycles. The van der Waals surface area contributed by atoms with Gasteiger partial charge >= 0.3 is 23.9 Å². The lowest BCUT2D eigenvalue weighted by atomic mass is 10.0. The smallest absolute Gasteiger partial charge is 0.306 e. The van der Waals surface area contributed by atoms with Crippen molar-refractivity contribution in [3.63, 3.8) is 0 Å². The van der Waals surface area contributed by atoms with Gasteiger partial charge in [0.15, 0.2) is 0 Å². The van der Waals surface area contributed by atoms with Gasteiger partial charge in [0.25, 0.3) is 17.7 Å². The molecule has 0 aliphatic rings. The number of nitrogens with one attached hydrogen (secondary N) is 3. The van der Waals surface area contributed by atoms with Crippen LogP contribution in [0.15, 0.2) is 18.2 Å². The Morgan fingerprint density at radius 2 is 0.486 bits per heavy atom. The normalized spacial score (nSPS) is 12.7. The zero-order chi connectivity index (χ0) is 77.0. The molecule has 3 amide bonds. The Bertz CT molecular complexity index is 2070. The number of amides is 3. The maximum atomic E-state index is 14.1. The van der Waals surface area contributed by atoms with Gasteiger partial charge in [-0.1, -0.05) is 209 Å². The van der Waals surface area contributed by atoms with Gasteiger partial charge in [-0.15, -0.1) is 0 Å². The Morgan fingerprint density at radius 1 is 0.276 bits per heavy atom. The number of hydrogen-bond donors (Lipinski definition) is 3. The third-order valence-corrected chi connectivity index (χ3v) is 20.6. The lowest BCUT2D eigenvalue weighted by Gasteiger charge is -2.22. The third-order valence-electron chi connectivity index (χ3n) is 20.6. The van der Waals surface area contributed by atoms with Gasteiger partial charge in [0.05, 0.1) is 0 Å². The highest BCUT2D eigenvalue weighted by molar-refractivity contribution is 6.04. The molecule has 17 nitrogen and oxygen atoms in total. The molecule has 0 radical (unpaired) electrons. The standard InChI is InChI=1S/C88H162N6O11/c1-11-19-39-54-78(15-5)102-82(95)58-43-31-23-27-35-47-66-93(67-48-36-28-24-32-44-59-83(96)103-79(16-6)55-40-20-12-2)70-52-63-90-87(100)76-72-75(86(99)89-62-51-65-92(9)10)73-77(74-76)88(101)91-64-53-71-94(68-49-37-29-25-33-45-60-84(97)104-80(17-7)56-41-21-13-3)69-50-38-30-26-34-46-61-85(98)105-81(18-8)57-42-22-14-4/h72-74,78-81H,11-71H2,1-10H3,(H,89,99)(H,90,100)(H,91,101). The maximum Gasteiger partial charge on any atom is 0.306 e. The number of carbonyl (C=O) groups excluding carboxylic acids is 7. The van der Waals surface area contributed by atoms with Crippen molar-refractivity contribution in [3.05, 3.63) is 34.9 Å². The van der Waals surface area contributed by atoms with Gasteiger partial charge in [0.2, 0.25) is 0 Å². The average molecular weight is 1480 g/mol. The van der Waals surface area contributed by atoms with Crippen LogP contribution in [0.3, 0.4) is 0 Å². The molecule has 0 bridgehead atoms. The zero-order valence-electron chi connectivity index (χ0n) is 69.5. The molecule has 0 saturated heterocycles. The van der Waals surface area contributed by atoms with Crippen molar-refractivity contribution in [2.45, 2.75) is 407 Å². The second-order valence-corrected chi connectivity index (χ2v) is 30.7. The molecule has 0 aliphatic heterocycles. The molecule has 3 N–H and O–H groups in total. The van der Waals surface area contributed by atoms with Crippen molar-refractivity contribution in [1.82, 2.24) is 30.7 Å². The van der Waals surface area contributed by atoms with Crippen molar-refractivity contribution in [1.29, 1.82) is 0 Å². The minimum atomic E-state index is -0.322. The number of benzene rings is 1. The van der Waals surface area contributed by atoms with Crippen molar-refractivity contribution >= 4 is 41.6 Å². The first kappa shape index (κ1) is 98.4. The number of ether oxygens (including phenoxy) is 4. The van der Waals surface area contributed by atoms with E-state index in [0.717, 1.165) is 322 Å². The summed E-state index contributed by atoms with van der Waals surface area (Å²) in [6.07, 6.45) is 50.7. The lowest BCUT2D eigenvalue weighted by molar-refractivity contribution is -0.150. The fraction of sp³-hybridized carbons (Fsp3) is 0.852. The summed E-state index contributed by atoms with van der Waals surface area (Å²) in [4.78, 5) is 99.5. The van der Waals surface area contributed by atoms with Crippen LogP contribution in [-0.2, 0) is 38.1 Å². The summed E-state index contributed by atoms with van der Waals surface area (Å²) in [5.41, 5.74) is 0.831. The number of rotatable bonds is 75. The van der Waals surface area contributed by atoms with Gasteiger partial charge in [0, 0.05) is 62.0 Å². The van der Waals surface area contributed by atoms with E-state index in [9.17, 15) is 33.6 Å². The number of esters is 4. The highest BCUT2D eigenvalue weighted by atomic mass is 16.6. The number of carbonyl (C=O) groups is 7. The van der Waals surface area contributed by atoms with E-state index in [1.165, 1.54) is 25.7 Å². The first-order valence-electron chi connectivity index (χ1n) is 43.9. The summed E-state index contributed by atoms with van der Waals surface area (Å²) < 4.78 is 23.2. The summed E-state index contributed by atoms with van der Waals surface area (Å²) in [6.45, 7) is 24.9. The quantitative estimate of drug-likeness (QED) is 0.0316. The fourth-order valence-corrected chi connectivity index (χ4v) is 13.7. The molecule has 4 atom stereocenters. The van der Waals surface area contributed by atoms with Crippen molar-refractivity contribution in [2.24, 2.45) is 0 Å². The monoisotopic (exact) mass is 1480 g/mol. The molecular weight excluding hydrogens is 1320 g/mol. The van der Waals surface area contributed by atoms with Gasteiger partial charge in [0.1, 0.15) is 24.4 Å². The van der Waals surface area contributed by atoms with Crippen LogP contribution in [-0.4, -0.2) is 160 Å². The summed E-state index contributed by atoms with van der Waals surface area (Å²) in [5, 5.41) is 9.29. The first-order chi connectivity index (χ1) is 51.0. The largest absolute Gasteiger partial charge is 0.462 e. The van der Waals surface area contributed by atoms with Gasteiger partial charge in [-0.2, -0.15) is 0 Å². The summed E-state index contributed by atoms with van der Waals surface area (Å²) in [5.74, 6) is -1.19. The molecule has 105 heavy (non-hydrogen) atoms. The summed E-state index contributed by atoms with van der Waals surface area (Å²) >= 11 is 0. The minimum absolute atomic E-state index is 0.0389. The zero-order valence-corrected chi connectivity index (χ0v) is 69.5. The summed E-state index contributed by atoms with van der Waals surface area (Å²) in [6, 6.07) is 4.82. The predicted octanol–water partition coefficient (Wildman–Crippen LogP) is 20.7. The fourth-order valence-electron chi connectivity index (χ4n) is 13.7. The molecule has 0 saturated carbocycles. The molecule has 0 aliphatic carbocycles. The van der Waals surface area contributed by atoms with E-state index in [1.807, 2.05) is 14.1 Å². The Morgan fingerprint density at radius 3 is 0.705 bits per heavy atom. The topological polar surface area (TPSA) is 202 Å². The van der Waals surface area contributed by atoms with Crippen molar-refractivity contribution in [2.75, 3.05) is 79.5 Å². The number of unbranched alkanes of at least 4 members (excludes halogenated alkanes) is 28. The highest BCUT2D eigenvalue weighted by Gasteiger charge is 2.20. The van der Waals surface area contributed by atoms with E-state index >= 15 is 0 Å². The SMILES string of the molecule is CCCCCC(CC)OC(=O)CCCCCCCCN(CCCCCCCCC(=O)OC(CC)CCCCC)CCCNC(=O)c1cc(C(=O)NCCCN(C)C)cc(C(=O)NCCCN(CCCCCCCCC(=O)OC(CC)CCCCC)CCCCCCCCC(=O)OC(CC)CCCCC)c1. The van der Waals surface area contributed by atoms with Gasteiger partial charge < -0.3 is 49.6 Å². The molecule has 17 heteroatoms. The van der Waals surface area contributed by atoms with E-state index in [0.29, 0.717) is 45.3 Å². The maximum absolute atomic E-state index is 14.1. The molecule has 0 aromatic heterocycles. The second kappa shape index (κ2) is 69.8. The van der Waals surface area contributed by atoms with E-state index in [-0.39, 0.29) is 82.7 Å². The van der Waals surface area contributed by atoms with Crippen LogP contribution in [0, 0.1) is 0 Å². The van der Waals surface area contributed by atoms with Gasteiger partial charge in [-0.3, -0.25) is 33.6 Å². The van der Waals surface area contributed by atoms with E-state index < -0.39 is 0 Å².